The van der Waals surface area contributed by atoms with E-state index in [-0.39, 0.29) is 29.5 Å². The van der Waals surface area contributed by atoms with Crippen molar-refractivity contribution < 1.29 is 31.3 Å². The topological polar surface area (TPSA) is 58.6 Å². The van der Waals surface area contributed by atoms with E-state index in [0.29, 0.717) is 25.4 Å². The van der Waals surface area contributed by atoms with E-state index in [1.807, 2.05) is 4.90 Å². The van der Waals surface area contributed by atoms with Gasteiger partial charge in [-0.25, -0.2) is 8.60 Å². The Morgan fingerprint density at radius 2 is 1.83 bits per heavy atom. The van der Waals surface area contributed by atoms with E-state index in [0.717, 1.165) is 37.3 Å². The summed E-state index contributed by atoms with van der Waals surface area (Å²) < 4.78 is 73.9. The van der Waals surface area contributed by atoms with Crippen LogP contribution >= 0.6 is 0 Å². The fourth-order valence-corrected chi connectivity index (χ4v) is 4.84. The van der Waals surface area contributed by atoms with Gasteiger partial charge in [-0.3, -0.25) is 14.4 Å². The quantitative estimate of drug-likeness (QED) is 0.504. The molecule has 1 heterocycles. The third kappa shape index (κ3) is 6.61. The Morgan fingerprint density at radius 3 is 2.46 bits per heavy atom. The fourth-order valence-electron chi connectivity index (χ4n) is 4.46. The number of carbonyl (C=O) groups excluding carboxylic acids is 1. The van der Waals surface area contributed by atoms with Crippen molar-refractivity contribution in [3.63, 3.8) is 0 Å². The summed E-state index contributed by atoms with van der Waals surface area (Å²) in [5.74, 6) is -0.632. The predicted octanol–water partition coefficient (Wildman–Crippen LogP) is 5.04. The first-order valence-corrected chi connectivity index (χ1v) is 13.2. The van der Waals surface area contributed by atoms with E-state index in [4.69, 9.17) is 4.74 Å². The molecule has 190 valence electrons. The number of ether oxygens (including phenoxy) is 1. The number of nitrogens with zero attached hydrogens (tertiary/aromatic N) is 1. The van der Waals surface area contributed by atoms with Crippen LogP contribution in [0.25, 0.3) is 0 Å². The monoisotopic (exact) mass is 512 g/mol. The van der Waals surface area contributed by atoms with Crippen molar-refractivity contribution in [1.82, 2.24) is 9.62 Å². The smallest absolute Gasteiger partial charge is 0.416 e. The number of nitrogens with one attached hydrogen (secondary N) is 1. The van der Waals surface area contributed by atoms with Crippen molar-refractivity contribution in [2.45, 2.75) is 44.3 Å². The van der Waals surface area contributed by atoms with E-state index in [9.17, 15) is 26.6 Å². The van der Waals surface area contributed by atoms with Crippen molar-refractivity contribution in [1.29, 1.82) is 0 Å². The first-order valence-electron chi connectivity index (χ1n) is 11.6. The minimum absolute atomic E-state index is 0.151. The summed E-state index contributed by atoms with van der Waals surface area (Å²) in [4.78, 5) is 14.2. The number of alkyl halides is 3. The number of likely N-dealkylation sites (tertiary alicyclic amines) is 1. The summed E-state index contributed by atoms with van der Waals surface area (Å²) in [5.41, 5.74) is 0.305. The van der Waals surface area contributed by atoms with Gasteiger partial charge < -0.3 is 4.74 Å². The lowest BCUT2D eigenvalue weighted by Gasteiger charge is -2.32. The lowest BCUT2D eigenvalue weighted by atomic mass is 9.96. The highest BCUT2D eigenvalue weighted by Gasteiger charge is 2.34. The van der Waals surface area contributed by atoms with Gasteiger partial charge in [0.2, 0.25) is 0 Å². The molecule has 1 saturated heterocycles. The molecule has 0 bridgehead atoms. The van der Waals surface area contributed by atoms with Gasteiger partial charge in [-0.05, 0) is 73.9 Å². The van der Waals surface area contributed by atoms with Gasteiger partial charge in [-0.1, -0.05) is 18.2 Å². The van der Waals surface area contributed by atoms with Crippen LogP contribution in [0, 0.1) is 11.7 Å². The molecule has 35 heavy (non-hydrogen) atoms. The number of piperidine rings is 1. The molecule has 0 spiro atoms. The van der Waals surface area contributed by atoms with Crippen LogP contribution in [-0.4, -0.2) is 41.0 Å². The molecule has 2 aromatic rings. The minimum Gasteiger partial charge on any atom is -0.493 e. The lowest BCUT2D eigenvalue weighted by Crippen LogP contribution is -2.35. The Bertz CT molecular complexity index is 1100. The largest absolute Gasteiger partial charge is 0.493 e. The summed E-state index contributed by atoms with van der Waals surface area (Å²) in [6.07, 6.45) is 0.314. The average molecular weight is 513 g/mol. The molecule has 10 heteroatoms. The van der Waals surface area contributed by atoms with Crippen molar-refractivity contribution in [2.24, 2.45) is 5.92 Å². The number of halogens is 4. The van der Waals surface area contributed by atoms with Crippen molar-refractivity contribution in [3.8, 4) is 5.75 Å². The molecule has 1 aliphatic carbocycles. The normalized spacial score (nSPS) is 18.3. The second-order valence-electron chi connectivity index (χ2n) is 9.21. The molecular formula is C25H28F4N2O3S. The van der Waals surface area contributed by atoms with E-state index in [1.165, 1.54) is 30.5 Å². The second kappa shape index (κ2) is 10.7. The van der Waals surface area contributed by atoms with Gasteiger partial charge in [0.15, 0.2) is 0 Å². The number of amides is 1. The Hall–Kier alpha value is -2.46. The maximum atomic E-state index is 14.6. The Morgan fingerprint density at radius 1 is 1.14 bits per heavy atom. The summed E-state index contributed by atoms with van der Waals surface area (Å²) in [5, 5.41) is 0. The summed E-state index contributed by atoms with van der Waals surface area (Å²) in [6.45, 7) is 1.91. The highest BCUT2D eigenvalue weighted by molar-refractivity contribution is 7.82. The molecule has 0 radical (unpaired) electrons. The molecule has 2 aliphatic rings. The predicted molar refractivity (Wildman–Crippen MR) is 125 cm³/mol. The van der Waals surface area contributed by atoms with Gasteiger partial charge in [0.25, 0.3) is 5.91 Å². The number of carbonyl (C=O) groups is 1. The molecule has 5 nitrogen and oxygen atoms in total. The van der Waals surface area contributed by atoms with Gasteiger partial charge in [-0.15, -0.1) is 0 Å². The average Bonchev–Trinajstić information content (AvgIpc) is 3.63. The number of benzene rings is 2. The van der Waals surface area contributed by atoms with E-state index < -0.39 is 34.4 Å². The first-order chi connectivity index (χ1) is 16.6. The van der Waals surface area contributed by atoms with Crippen molar-refractivity contribution in [2.75, 3.05) is 26.0 Å². The molecule has 1 amide bonds. The zero-order chi connectivity index (χ0) is 25.2. The Kier molecular flexibility index (Phi) is 7.80. The molecule has 1 saturated carbocycles. The molecule has 1 N–H and O–H groups in total. The highest BCUT2D eigenvalue weighted by Crippen LogP contribution is 2.45. The maximum absolute atomic E-state index is 14.6. The van der Waals surface area contributed by atoms with Crippen LogP contribution in [0.1, 0.15) is 58.6 Å². The lowest BCUT2D eigenvalue weighted by molar-refractivity contribution is -0.138. The third-order valence-electron chi connectivity index (χ3n) is 6.50. The van der Waals surface area contributed by atoms with Crippen LogP contribution in [0.4, 0.5) is 17.6 Å². The maximum Gasteiger partial charge on any atom is 0.416 e. The number of hydrogen-bond donors (Lipinski definition) is 1. The van der Waals surface area contributed by atoms with Crippen LogP contribution < -0.4 is 9.46 Å². The first kappa shape index (κ1) is 25.6. The van der Waals surface area contributed by atoms with Crippen LogP contribution in [0.5, 0.6) is 5.75 Å². The van der Waals surface area contributed by atoms with Gasteiger partial charge in [0.05, 0.1) is 17.7 Å². The summed E-state index contributed by atoms with van der Waals surface area (Å²) in [6, 6.07) is 8.38. The Labute approximate surface area is 204 Å². The van der Waals surface area contributed by atoms with Crippen LogP contribution in [0.2, 0.25) is 0 Å². The van der Waals surface area contributed by atoms with Gasteiger partial charge >= 0.3 is 6.18 Å². The molecule has 1 aliphatic heterocycles. The van der Waals surface area contributed by atoms with Gasteiger partial charge in [0, 0.05) is 18.9 Å². The fraction of sp³-hybridized carbons (Fsp3) is 0.480. The van der Waals surface area contributed by atoms with Crippen LogP contribution in [0.15, 0.2) is 36.4 Å². The standard InChI is InChI=1S/C25H28F4N2O3S/c1-35(33)30-24(32)20-12-19(17-6-7-17)23(13-22(20)26)34-15-16-8-10-31(11-9-16)14-18-4-2-3-5-21(18)25(27,28)29/h2-5,12-13,16-17H,6-11,14-15H2,1H3,(H,30,32). The molecule has 1 atom stereocenters. The summed E-state index contributed by atoms with van der Waals surface area (Å²) in [7, 11) is -1.60. The third-order valence-corrected chi connectivity index (χ3v) is 6.97. The number of rotatable bonds is 8. The second-order valence-corrected chi connectivity index (χ2v) is 10.3. The summed E-state index contributed by atoms with van der Waals surface area (Å²) >= 11 is 0. The van der Waals surface area contributed by atoms with Crippen molar-refractivity contribution in [3.05, 3.63) is 64.5 Å². The van der Waals surface area contributed by atoms with Crippen LogP contribution in [0.3, 0.4) is 0 Å². The molecule has 2 aromatic carbocycles. The molecular weight excluding hydrogens is 484 g/mol. The Balaban J connectivity index is 1.35. The molecule has 2 fully saturated rings. The van der Waals surface area contributed by atoms with E-state index >= 15 is 0 Å². The minimum atomic E-state index is -4.37. The van der Waals surface area contributed by atoms with E-state index in [1.54, 1.807) is 6.07 Å². The highest BCUT2D eigenvalue weighted by atomic mass is 32.2. The van der Waals surface area contributed by atoms with E-state index in [2.05, 4.69) is 4.72 Å². The molecule has 0 aromatic heterocycles. The molecule has 1 unspecified atom stereocenters. The number of hydrogen-bond acceptors (Lipinski definition) is 4. The van der Waals surface area contributed by atoms with Crippen LogP contribution in [-0.2, 0) is 23.7 Å². The zero-order valence-electron chi connectivity index (χ0n) is 19.4. The van der Waals surface area contributed by atoms with Gasteiger partial charge in [0.1, 0.15) is 22.6 Å². The van der Waals surface area contributed by atoms with Gasteiger partial charge in [-0.2, -0.15) is 13.2 Å². The van der Waals surface area contributed by atoms with Crippen molar-refractivity contribution >= 4 is 16.9 Å². The zero-order valence-corrected chi connectivity index (χ0v) is 20.2. The SMILES string of the molecule is CS(=O)NC(=O)c1cc(C2CC2)c(OCC2CCN(Cc3ccccc3C(F)(F)F)CC2)cc1F. The molecule has 4 rings (SSSR count).